The second-order valence-electron chi connectivity index (χ2n) is 3.78. The van der Waals surface area contributed by atoms with Gasteiger partial charge in [-0.25, -0.2) is 9.97 Å². The van der Waals surface area contributed by atoms with Gasteiger partial charge in [0.25, 0.3) is 0 Å². The van der Waals surface area contributed by atoms with Crippen LogP contribution in [0.5, 0.6) is 11.5 Å². The Bertz CT molecular complexity index is 730. The number of rotatable bonds is 2. The van der Waals surface area contributed by atoms with E-state index in [1.54, 1.807) is 12.1 Å². The summed E-state index contributed by atoms with van der Waals surface area (Å²) in [6.45, 7) is 0.111. The molecule has 1 aliphatic heterocycles. The van der Waals surface area contributed by atoms with E-state index in [2.05, 4.69) is 15.3 Å². The van der Waals surface area contributed by atoms with E-state index in [4.69, 9.17) is 37.9 Å². The molecule has 2 heterocycles. The van der Waals surface area contributed by atoms with Crippen LogP contribution in [0.1, 0.15) is 5.56 Å². The summed E-state index contributed by atoms with van der Waals surface area (Å²) in [6.07, 6.45) is 1.25. The van der Waals surface area contributed by atoms with E-state index in [0.29, 0.717) is 22.2 Å². The SMILES string of the molecule is N#Cc1c(Cl)ncnc1Nc1c(Cl)ccc2c1OCO2. The van der Waals surface area contributed by atoms with E-state index in [1.165, 1.54) is 6.33 Å². The first-order chi connectivity index (χ1) is 9.70. The minimum absolute atomic E-state index is 0.0610. The average molecular weight is 309 g/mol. The highest BCUT2D eigenvalue weighted by Gasteiger charge is 2.22. The molecule has 3 rings (SSSR count). The number of nitrogens with zero attached hydrogens (tertiary/aromatic N) is 3. The molecule has 0 radical (unpaired) electrons. The highest BCUT2D eigenvalue weighted by atomic mass is 35.5. The Hall–Kier alpha value is -2.23. The van der Waals surface area contributed by atoms with Gasteiger partial charge in [-0.1, -0.05) is 23.2 Å². The Kier molecular flexibility index (Phi) is 3.22. The molecule has 20 heavy (non-hydrogen) atoms. The fourth-order valence-corrected chi connectivity index (χ4v) is 2.11. The van der Waals surface area contributed by atoms with Crippen LogP contribution in [0.4, 0.5) is 11.5 Å². The van der Waals surface area contributed by atoms with Crippen LogP contribution in [0.15, 0.2) is 18.5 Å². The lowest BCUT2D eigenvalue weighted by atomic mass is 10.2. The molecule has 0 fully saturated rings. The van der Waals surface area contributed by atoms with Crippen LogP contribution in [0, 0.1) is 11.3 Å². The standard InChI is InChI=1S/C12H6Cl2N4O2/c13-7-1-2-8-10(20-5-19-8)9(7)18-12-6(3-15)11(14)16-4-17-12/h1-2,4H,5H2,(H,16,17,18). The lowest BCUT2D eigenvalue weighted by Gasteiger charge is -2.11. The molecule has 0 spiro atoms. The van der Waals surface area contributed by atoms with Crippen molar-refractivity contribution in [3.63, 3.8) is 0 Å². The third kappa shape index (κ3) is 2.07. The second-order valence-corrected chi connectivity index (χ2v) is 4.55. The number of benzene rings is 1. The quantitative estimate of drug-likeness (QED) is 0.859. The smallest absolute Gasteiger partial charge is 0.231 e. The van der Waals surface area contributed by atoms with E-state index in [-0.39, 0.29) is 23.3 Å². The molecule has 8 heteroatoms. The zero-order valence-corrected chi connectivity index (χ0v) is 11.4. The maximum absolute atomic E-state index is 9.10. The van der Waals surface area contributed by atoms with Crippen LogP contribution < -0.4 is 14.8 Å². The van der Waals surface area contributed by atoms with Crippen LogP contribution in [0.25, 0.3) is 0 Å². The molecule has 2 aromatic rings. The van der Waals surface area contributed by atoms with Crippen LogP contribution >= 0.6 is 23.2 Å². The van der Waals surface area contributed by atoms with Gasteiger partial charge in [-0.3, -0.25) is 0 Å². The summed E-state index contributed by atoms with van der Waals surface area (Å²) in [5.74, 6) is 1.28. The van der Waals surface area contributed by atoms with Crippen molar-refractivity contribution in [3.8, 4) is 17.6 Å². The Balaban J connectivity index is 2.08. The maximum atomic E-state index is 9.10. The summed E-state index contributed by atoms with van der Waals surface area (Å²) in [6, 6.07) is 5.30. The lowest BCUT2D eigenvalue weighted by molar-refractivity contribution is 0.174. The number of nitrogens with one attached hydrogen (secondary N) is 1. The number of halogens is 2. The Morgan fingerprint density at radius 3 is 2.90 bits per heavy atom. The van der Waals surface area contributed by atoms with Gasteiger partial charge in [0.1, 0.15) is 23.6 Å². The molecule has 0 saturated carbocycles. The predicted octanol–water partition coefficient (Wildman–Crippen LogP) is 3.13. The number of ether oxygens (including phenoxy) is 2. The van der Waals surface area contributed by atoms with Gasteiger partial charge < -0.3 is 14.8 Å². The molecule has 1 aromatic carbocycles. The van der Waals surface area contributed by atoms with Crippen molar-refractivity contribution in [2.45, 2.75) is 0 Å². The average Bonchev–Trinajstić information content (AvgIpc) is 2.91. The highest BCUT2D eigenvalue weighted by Crippen LogP contribution is 2.44. The molecule has 0 atom stereocenters. The third-order valence-corrected chi connectivity index (χ3v) is 3.25. The van der Waals surface area contributed by atoms with E-state index < -0.39 is 0 Å². The number of hydrogen-bond acceptors (Lipinski definition) is 6. The van der Waals surface area contributed by atoms with Crippen molar-refractivity contribution < 1.29 is 9.47 Å². The van der Waals surface area contributed by atoms with Gasteiger partial charge in [-0.05, 0) is 12.1 Å². The fraction of sp³-hybridized carbons (Fsp3) is 0.0833. The van der Waals surface area contributed by atoms with E-state index in [1.807, 2.05) is 6.07 Å². The van der Waals surface area contributed by atoms with Gasteiger partial charge in [-0.15, -0.1) is 0 Å². The van der Waals surface area contributed by atoms with Crippen LogP contribution in [-0.2, 0) is 0 Å². The van der Waals surface area contributed by atoms with Crippen molar-refractivity contribution in [3.05, 3.63) is 34.2 Å². The van der Waals surface area contributed by atoms with Crippen molar-refractivity contribution in [1.82, 2.24) is 9.97 Å². The first-order valence-electron chi connectivity index (χ1n) is 5.46. The summed E-state index contributed by atoms with van der Waals surface area (Å²) >= 11 is 12.0. The van der Waals surface area contributed by atoms with Gasteiger partial charge in [0.15, 0.2) is 22.5 Å². The molecule has 0 saturated heterocycles. The number of aromatic nitrogens is 2. The zero-order valence-electron chi connectivity index (χ0n) is 9.85. The fourth-order valence-electron chi connectivity index (χ4n) is 1.74. The summed E-state index contributed by atoms with van der Waals surface area (Å²) in [7, 11) is 0. The van der Waals surface area contributed by atoms with Gasteiger partial charge in [0, 0.05) is 0 Å². The monoisotopic (exact) mass is 308 g/mol. The van der Waals surface area contributed by atoms with Crippen molar-refractivity contribution in [2.24, 2.45) is 0 Å². The molecule has 0 amide bonds. The highest BCUT2D eigenvalue weighted by molar-refractivity contribution is 6.34. The van der Waals surface area contributed by atoms with Crippen LogP contribution in [0.2, 0.25) is 10.2 Å². The topological polar surface area (TPSA) is 80.1 Å². The molecular weight excluding hydrogens is 303 g/mol. The molecule has 1 aromatic heterocycles. The Morgan fingerprint density at radius 1 is 1.25 bits per heavy atom. The normalized spacial score (nSPS) is 12.1. The zero-order chi connectivity index (χ0) is 14.1. The third-order valence-electron chi connectivity index (χ3n) is 2.64. The lowest BCUT2D eigenvalue weighted by Crippen LogP contribution is -2.01. The van der Waals surface area contributed by atoms with Crippen molar-refractivity contribution >= 4 is 34.7 Å². The predicted molar refractivity (Wildman–Crippen MR) is 72.6 cm³/mol. The van der Waals surface area contributed by atoms with E-state index in [9.17, 15) is 0 Å². The molecule has 6 nitrogen and oxygen atoms in total. The number of hydrogen-bond donors (Lipinski definition) is 1. The van der Waals surface area contributed by atoms with Crippen molar-refractivity contribution in [1.29, 1.82) is 5.26 Å². The maximum Gasteiger partial charge on any atom is 0.231 e. The molecule has 0 unspecified atom stereocenters. The molecule has 0 aliphatic carbocycles. The Labute approximate surface area is 123 Å². The van der Waals surface area contributed by atoms with Crippen molar-refractivity contribution in [2.75, 3.05) is 12.1 Å². The van der Waals surface area contributed by atoms with Gasteiger partial charge in [-0.2, -0.15) is 5.26 Å². The minimum atomic E-state index is 0.0610. The summed E-state index contributed by atoms with van der Waals surface area (Å²) < 4.78 is 10.6. The molecule has 0 bridgehead atoms. The van der Waals surface area contributed by atoms with E-state index in [0.717, 1.165) is 0 Å². The van der Waals surface area contributed by atoms with Gasteiger partial charge in [0.05, 0.1) is 5.02 Å². The molecular formula is C12H6Cl2N4O2. The molecule has 100 valence electrons. The number of nitriles is 1. The second kappa shape index (κ2) is 5.04. The molecule has 1 N–H and O–H groups in total. The minimum Gasteiger partial charge on any atom is -0.454 e. The van der Waals surface area contributed by atoms with Gasteiger partial charge >= 0.3 is 0 Å². The van der Waals surface area contributed by atoms with Gasteiger partial charge in [0.2, 0.25) is 6.79 Å². The van der Waals surface area contributed by atoms with Crippen LogP contribution in [-0.4, -0.2) is 16.8 Å². The largest absolute Gasteiger partial charge is 0.454 e. The van der Waals surface area contributed by atoms with E-state index >= 15 is 0 Å². The Morgan fingerprint density at radius 2 is 2.10 bits per heavy atom. The number of fused-ring (bicyclic) bond motifs is 1. The summed E-state index contributed by atoms with van der Waals surface area (Å²) in [5.41, 5.74) is 0.592. The summed E-state index contributed by atoms with van der Waals surface area (Å²) in [5, 5.41) is 12.5. The number of anilines is 2. The first kappa shape index (κ1) is 12.8. The summed E-state index contributed by atoms with van der Waals surface area (Å²) in [4.78, 5) is 7.74. The molecule has 1 aliphatic rings. The first-order valence-corrected chi connectivity index (χ1v) is 6.22. The van der Waals surface area contributed by atoms with Crippen LogP contribution in [0.3, 0.4) is 0 Å².